The number of nitrogens with zero attached hydrogens (tertiary/aromatic N) is 2. The Morgan fingerprint density at radius 1 is 1.24 bits per heavy atom. The molecule has 0 aliphatic heterocycles. The highest BCUT2D eigenvalue weighted by atomic mass is 16.4. The fraction of sp³-hybridized carbons (Fsp3) is 0.412. The maximum atomic E-state index is 11.1. The number of aliphatic carboxylic acids is 1. The van der Waals surface area contributed by atoms with E-state index in [-0.39, 0.29) is 12.0 Å². The molecule has 2 aromatic rings. The lowest BCUT2D eigenvalue weighted by Gasteiger charge is -2.18. The van der Waals surface area contributed by atoms with Crippen LogP contribution in [0.1, 0.15) is 38.8 Å². The number of aryl methyl sites for hydroxylation is 1. The third-order valence-electron chi connectivity index (χ3n) is 3.45. The van der Waals surface area contributed by atoms with Gasteiger partial charge < -0.3 is 5.11 Å². The lowest BCUT2D eigenvalue weighted by atomic mass is 10.0. The van der Waals surface area contributed by atoms with Crippen LogP contribution in [0.5, 0.6) is 0 Å². The molecule has 0 fully saturated rings. The number of carboxylic acids is 1. The highest BCUT2D eigenvalue weighted by Crippen LogP contribution is 2.26. The van der Waals surface area contributed by atoms with Crippen molar-refractivity contribution in [3.05, 3.63) is 41.6 Å². The molecule has 0 aliphatic carbocycles. The summed E-state index contributed by atoms with van der Waals surface area (Å²) in [6.07, 6.45) is 2.82. The molecule has 0 aliphatic rings. The highest BCUT2D eigenvalue weighted by Gasteiger charge is 2.20. The molecule has 0 radical (unpaired) electrons. The first kappa shape index (κ1) is 15.3. The van der Waals surface area contributed by atoms with Gasteiger partial charge in [-0.15, -0.1) is 0 Å². The molecule has 1 N–H and O–H groups in total. The van der Waals surface area contributed by atoms with Crippen LogP contribution in [-0.2, 0) is 23.2 Å². The molecule has 0 unspecified atom stereocenters. The first-order chi connectivity index (χ1) is 9.81. The molecule has 2 rings (SSSR count). The lowest BCUT2D eigenvalue weighted by Crippen LogP contribution is -2.22. The van der Waals surface area contributed by atoms with Crippen molar-refractivity contribution < 1.29 is 9.90 Å². The average molecular weight is 286 g/mol. The van der Waals surface area contributed by atoms with Gasteiger partial charge in [0, 0.05) is 17.3 Å². The van der Waals surface area contributed by atoms with Gasteiger partial charge >= 0.3 is 5.97 Å². The fourth-order valence-corrected chi connectivity index (χ4v) is 2.19. The summed E-state index contributed by atoms with van der Waals surface area (Å²) in [5, 5.41) is 13.7. The van der Waals surface area contributed by atoms with Gasteiger partial charge in [0.2, 0.25) is 0 Å². The van der Waals surface area contributed by atoms with Gasteiger partial charge in [0.25, 0.3) is 0 Å². The smallest absolute Gasteiger partial charge is 0.307 e. The molecular weight excluding hydrogens is 264 g/mol. The number of hydrogen-bond donors (Lipinski definition) is 1. The minimum atomic E-state index is -0.838. The Hall–Kier alpha value is -2.10. The number of benzene rings is 1. The van der Waals surface area contributed by atoms with Gasteiger partial charge in [-0.3, -0.25) is 9.48 Å². The first-order valence-corrected chi connectivity index (χ1v) is 7.21. The van der Waals surface area contributed by atoms with Crippen molar-refractivity contribution in [3.8, 4) is 11.3 Å². The summed E-state index contributed by atoms with van der Waals surface area (Å²) in [6.45, 7) is 8.26. The van der Waals surface area contributed by atoms with Gasteiger partial charge in [-0.25, -0.2) is 0 Å². The van der Waals surface area contributed by atoms with E-state index >= 15 is 0 Å². The van der Waals surface area contributed by atoms with Crippen molar-refractivity contribution in [1.29, 1.82) is 0 Å². The molecule has 4 heteroatoms. The second-order valence-corrected chi connectivity index (χ2v) is 6.24. The number of rotatable bonds is 4. The normalized spacial score (nSPS) is 11.6. The van der Waals surface area contributed by atoms with E-state index in [0.29, 0.717) is 0 Å². The Bertz CT molecular complexity index is 634. The van der Waals surface area contributed by atoms with E-state index in [9.17, 15) is 4.79 Å². The topological polar surface area (TPSA) is 55.1 Å². The Morgan fingerprint density at radius 2 is 1.86 bits per heavy atom. The standard InChI is InChI=1S/C17H22N2O2/c1-5-12-6-8-13(9-7-12)16-14(10-15(20)21)11-19(18-16)17(2,3)4/h6-9,11H,5,10H2,1-4H3,(H,20,21). The van der Waals surface area contributed by atoms with Crippen molar-refractivity contribution in [2.75, 3.05) is 0 Å². The largest absolute Gasteiger partial charge is 0.481 e. The van der Waals surface area contributed by atoms with Crippen molar-refractivity contribution in [2.45, 2.75) is 46.1 Å². The summed E-state index contributed by atoms with van der Waals surface area (Å²) in [5.74, 6) is -0.838. The SMILES string of the molecule is CCc1ccc(-c2nn(C(C)(C)C)cc2CC(=O)O)cc1. The maximum absolute atomic E-state index is 11.1. The van der Waals surface area contributed by atoms with Crippen LogP contribution in [0.4, 0.5) is 0 Å². The number of hydrogen-bond acceptors (Lipinski definition) is 2. The van der Waals surface area contributed by atoms with E-state index in [1.807, 2.05) is 23.0 Å². The molecule has 1 aromatic heterocycles. The predicted molar refractivity (Wildman–Crippen MR) is 83.4 cm³/mol. The number of carbonyl (C=O) groups is 1. The lowest BCUT2D eigenvalue weighted by molar-refractivity contribution is -0.136. The second-order valence-electron chi connectivity index (χ2n) is 6.24. The number of aromatic nitrogens is 2. The molecular formula is C17H22N2O2. The van der Waals surface area contributed by atoms with E-state index in [1.54, 1.807) is 0 Å². The summed E-state index contributed by atoms with van der Waals surface area (Å²) >= 11 is 0. The van der Waals surface area contributed by atoms with Crippen LogP contribution < -0.4 is 0 Å². The Morgan fingerprint density at radius 3 is 2.33 bits per heavy atom. The maximum Gasteiger partial charge on any atom is 0.307 e. The number of carboxylic acid groups (broad SMARTS) is 1. The van der Waals surface area contributed by atoms with Crippen LogP contribution in [0.2, 0.25) is 0 Å². The van der Waals surface area contributed by atoms with Crippen molar-refractivity contribution in [3.63, 3.8) is 0 Å². The third kappa shape index (κ3) is 3.51. The zero-order valence-electron chi connectivity index (χ0n) is 13.1. The van der Waals surface area contributed by atoms with Gasteiger partial charge in [-0.05, 0) is 32.8 Å². The van der Waals surface area contributed by atoms with Crippen molar-refractivity contribution >= 4 is 5.97 Å². The molecule has 0 saturated heterocycles. The zero-order valence-corrected chi connectivity index (χ0v) is 13.1. The zero-order chi connectivity index (χ0) is 15.6. The molecule has 1 heterocycles. The van der Waals surface area contributed by atoms with Crippen LogP contribution in [-0.4, -0.2) is 20.9 Å². The van der Waals surface area contributed by atoms with E-state index < -0.39 is 5.97 Å². The summed E-state index contributed by atoms with van der Waals surface area (Å²) in [4.78, 5) is 11.1. The fourth-order valence-electron chi connectivity index (χ4n) is 2.19. The van der Waals surface area contributed by atoms with Crippen LogP contribution in [0.15, 0.2) is 30.5 Å². The van der Waals surface area contributed by atoms with Gasteiger partial charge in [-0.1, -0.05) is 31.2 Å². The van der Waals surface area contributed by atoms with E-state index in [2.05, 4.69) is 44.9 Å². The van der Waals surface area contributed by atoms with Crippen LogP contribution in [0.25, 0.3) is 11.3 Å². The minimum absolute atomic E-state index is 0.0130. The quantitative estimate of drug-likeness (QED) is 0.936. The molecule has 4 nitrogen and oxygen atoms in total. The Labute approximate surface area is 125 Å². The van der Waals surface area contributed by atoms with E-state index in [4.69, 9.17) is 5.11 Å². The van der Waals surface area contributed by atoms with Gasteiger partial charge in [0.05, 0.1) is 17.7 Å². The molecule has 0 bridgehead atoms. The Kier molecular flexibility index (Phi) is 4.16. The molecule has 0 amide bonds. The average Bonchev–Trinajstić information content (AvgIpc) is 2.82. The predicted octanol–water partition coefficient (Wildman–Crippen LogP) is 3.49. The first-order valence-electron chi connectivity index (χ1n) is 7.21. The molecule has 112 valence electrons. The van der Waals surface area contributed by atoms with Crippen LogP contribution >= 0.6 is 0 Å². The molecule has 21 heavy (non-hydrogen) atoms. The summed E-state index contributed by atoms with van der Waals surface area (Å²) in [5.41, 5.74) is 3.56. The van der Waals surface area contributed by atoms with E-state index in [1.165, 1.54) is 5.56 Å². The van der Waals surface area contributed by atoms with Crippen molar-refractivity contribution in [1.82, 2.24) is 9.78 Å². The Balaban J connectivity index is 2.48. The summed E-state index contributed by atoms with van der Waals surface area (Å²) < 4.78 is 1.84. The van der Waals surface area contributed by atoms with Gasteiger partial charge in [-0.2, -0.15) is 5.10 Å². The van der Waals surface area contributed by atoms with Gasteiger partial charge in [0.15, 0.2) is 0 Å². The third-order valence-corrected chi connectivity index (χ3v) is 3.45. The minimum Gasteiger partial charge on any atom is -0.481 e. The molecule has 0 saturated carbocycles. The molecule has 1 aromatic carbocycles. The molecule has 0 spiro atoms. The molecule has 0 atom stereocenters. The van der Waals surface area contributed by atoms with Crippen LogP contribution in [0.3, 0.4) is 0 Å². The summed E-state index contributed by atoms with van der Waals surface area (Å²) in [6, 6.07) is 8.16. The second kappa shape index (κ2) is 5.72. The van der Waals surface area contributed by atoms with Crippen molar-refractivity contribution in [2.24, 2.45) is 0 Å². The highest BCUT2D eigenvalue weighted by molar-refractivity contribution is 5.74. The van der Waals surface area contributed by atoms with E-state index in [0.717, 1.165) is 23.2 Å². The summed E-state index contributed by atoms with van der Waals surface area (Å²) in [7, 11) is 0. The monoisotopic (exact) mass is 286 g/mol. The van der Waals surface area contributed by atoms with Gasteiger partial charge in [0.1, 0.15) is 0 Å². The van der Waals surface area contributed by atoms with Crippen LogP contribution in [0, 0.1) is 0 Å².